The highest BCUT2D eigenvalue weighted by Crippen LogP contribution is 2.13. The van der Waals surface area contributed by atoms with Gasteiger partial charge in [0.05, 0.1) is 12.7 Å². The zero-order chi connectivity index (χ0) is 8.85. The van der Waals surface area contributed by atoms with Gasteiger partial charge in [-0.1, -0.05) is 13.8 Å². The Hall–Kier alpha value is -0.120. The van der Waals surface area contributed by atoms with Crippen LogP contribution in [0.5, 0.6) is 0 Å². The van der Waals surface area contributed by atoms with Gasteiger partial charge in [0.1, 0.15) is 0 Å². The minimum absolute atomic E-state index is 0.160. The molecule has 1 saturated heterocycles. The highest BCUT2D eigenvalue weighted by molar-refractivity contribution is 4.81. The average molecular weight is 161 g/mol. The fraction of sp³-hybridized carbons (Fsp3) is 1.00. The monoisotopic (exact) mass is 161 g/mol. The van der Waals surface area contributed by atoms with Crippen LogP contribution in [-0.2, 0) is 0 Å². The molecule has 0 aromatic heterocycles. The van der Waals surface area contributed by atoms with Crippen molar-refractivity contribution in [3.05, 3.63) is 0 Å². The molecule has 1 heterocycles. The van der Waals surface area contributed by atoms with E-state index in [4.69, 9.17) is 10.2 Å². The first-order valence-corrected chi connectivity index (χ1v) is 4.23. The van der Waals surface area contributed by atoms with E-state index in [1.165, 1.54) is 0 Å². The molecular weight excluding hydrogens is 142 g/mol. The molecule has 3 nitrogen and oxygen atoms in total. The molecule has 2 N–H and O–H groups in total. The van der Waals surface area contributed by atoms with Crippen LogP contribution in [0.25, 0.3) is 0 Å². The van der Waals surface area contributed by atoms with E-state index >= 15 is 0 Å². The Bertz CT molecular complexity index is 98.1. The molecule has 0 aromatic rings. The van der Waals surface area contributed by atoms with Gasteiger partial charge in [0.25, 0.3) is 0 Å². The topological polar surface area (TPSA) is 43.7 Å². The summed E-state index contributed by atoms with van der Waals surface area (Å²) in [5, 5.41) is 17.7. The summed E-state index contributed by atoms with van der Waals surface area (Å²) in [6.07, 6.45) is 0.486. The lowest BCUT2D eigenvalue weighted by Gasteiger charge is -2.14. The number of β-amino-alcohol motifs (C(OH)–C–C–N with tert-alkyl or cyclic N) is 1. The highest BCUT2D eigenvalue weighted by Gasteiger charge is 2.26. The minimum atomic E-state index is -0.229. The first-order chi connectivity index (χ1) is 5.24. The lowest BCUT2D eigenvalue weighted by Crippen LogP contribution is -2.27. The van der Waals surface area contributed by atoms with Crippen LogP contribution in [0.4, 0.5) is 0 Å². The van der Waals surface area contributed by atoms with E-state index in [1.807, 2.05) is 25.8 Å². The second kappa shape index (κ2) is 5.52. The first-order valence-electron chi connectivity index (χ1n) is 4.23. The van der Waals surface area contributed by atoms with E-state index < -0.39 is 0 Å². The van der Waals surface area contributed by atoms with Crippen molar-refractivity contribution >= 4 is 0 Å². The summed E-state index contributed by atoms with van der Waals surface area (Å²) < 4.78 is 0. The number of likely N-dealkylation sites (N-methyl/N-ethyl adjacent to an activating group) is 1. The Morgan fingerprint density at radius 1 is 1.45 bits per heavy atom. The minimum Gasteiger partial charge on any atom is -0.395 e. The van der Waals surface area contributed by atoms with Crippen molar-refractivity contribution in [3.63, 3.8) is 0 Å². The number of likely N-dealkylation sites (tertiary alicyclic amines) is 1. The molecule has 0 spiro atoms. The predicted molar refractivity (Wildman–Crippen MR) is 45.5 cm³/mol. The molecular formula is C8H19NO2. The zero-order valence-corrected chi connectivity index (χ0v) is 7.62. The average Bonchev–Trinajstić information content (AvgIpc) is 2.33. The van der Waals surface area contributed by atoms with E-state index in [0.29, 0.717) is 13.0 Å². The third-order valence-corrected chi connectivity index (χ3v) is 1.88. The van der Waals surface area contributed by atoms with Gasteiger partial charge in [0.2, 0.25) is 0 Å². The van der Waals surface area contributed by atoms with Gasteiger partial charge in [0.15, 0.2) is 0 Å². The maximum atomic E-state index is 9.05. The van der Waals surface area contributed by atoms with Crippen LogP contribution in [0.3, 0.4) is 0 Å². The second-order valence-electron chi connectivity index (χ2n) is 2.67. The van der Waals surface area contributed by atoms with Crippen LogP contribution in [0.15, 0.2) is 0 Å². The van der Waals surface area contributed by atoms with Gasteiger partial charge >= 0.3 is 0 Å². The molecule has 0 aromatic carbocycles. The summed E-state index contributed by atoms with van der Waals surface area (Å²) in [7, 11) is 1.91. The number of nitrogens with zero attached hydrogens (tertiary/aromatic N) is 1. The van der Waals surface area contributed by atoms with Gasteiger partial charge in [-0.15, -0.1) is 0 Å². The third-order valence-electron chi connectivity index (χ3n) is 1.88. The molecule has 1 fully saturated rings. The largest absolute Gasteiger partial charge is 0.395 e. The van der Waals surface area contributed by atoms with Crippen molar-refractivity contribution in [2.24, 2.45) is 0 Å². The molecule has 0 radical (unpaired) electrons. The van der Waals surface area contributed by atoms with Crippen LogP contribution in [0, 0.1) is 0 Å². The van der Waals surface area contributed by atoms with Gasteiger partial charge in [-0.05, 0) is 13.5 Å². The van der Waals surface area contributed by atoms with E-state index in [1.54, 1.807) is 0 Å². The van der Waals surface area contributed by atoms with E-state index in [-0.39, 0.29) is 18.8 Å². The molecule has 3 heteroatoms. The maximum absolute atomic E-state index is 9.05. The summed E-state index contributed by atoms with van der Waals surface area (Å²) in [6.45, 7) is 4.86. The summed E-state index contributed by atoms with van der Waals surface area (Å²) in [4.78, 5) is 1.98. The van der Waals surface area contributed by atoms with Crippen molar-refractivity contribution in [1.29, 1.82) is 0 Å². The van der Waals surface area contributed by atoms with Crippen molar-refractivity contribution < 1.29 is 10.2 Å². The Morgan fingerprint density at radius 3 is 2.18 bits per heavy atom. The van der Waals surface area contributed by atoms with Crippen molar-refractivity contribution in [1.82, 2.24) is 4.90 Å². The van der Waals surface area contributed by atoms with Crippen LogP contribution in [-0.4, -0.2) is 47.5 Å². The van der Waals surface area contributed by atoms with E-state index in [9.17, 15) is 0 Å². The highest BCUT2D eigenvalue weighted by atomic mass is 16.3. The first kappa shape index (κ1) is 10.9. The molecule has 1 aliphatic rings. The number of hydrogen-bond donors (Lipinski definition) is 2. The van der Waals surface area contributed by atoms with Gasteiger partial charge in [-0.25, -0.2) is 0 Å². The Balaban J connectivity index is 0.000000461. The van der Waals surface area contributed by atoms with E-state index in [2.05, 4.69) is 0 Å². The van der Waals surface area contributed by atoms with Gasteiger partial charge in [-0.2, -0.15) is 0 Å². The van der Waals surface area contributed by atoms with Gasteiger partial charge in [0, 0.05) is 12.6 Å². The molecule has 0 saturated carbocycles. The summed E-state index contributed by atoms with van der Waals surface area (Å²) in [6, 6.07) is 0.181. The third kappa shape index (κ3) is 3.18. The van der Waals surface area contributed by atoms with Gasteiger partial charge < -0.3 is 10.2 Å². The van der Waals surface area contributed by atoms with E-state index in [0.717, 1.165) is 0 Å². The van der Waals surface area contributed by atoms with Gasteiger partial charge in [-0.3, -0.25) is 4.90 Å². The summed E-state index contributed by atoms with van der Waals surface area (Å²) in [5.41, 5.74) is 0. The van der Waals surface area contributed by atoms with Crippen LogP contribution >= 0.6 is 0 Å². The van der Waals surface area contributed by atoms with Crippen molar-refractivity contribution in [2.45, 2.75) is 32.4 Å². The Kier molecular flexibility index (Phi) is 5.46. The number of rotatable bonds is 1. The normalized spacial score (nSPS) is 31.4. The molecule has 0 amide bonds. The SMILES string of the molecule is CC.CN1C[C@H](O)C[C@@H]1CO. The standard InChI is InChI=1S/C6H13NO2.C2H6/c1-7-3-6(9)2-5(7)4-8;1-2/h5-6,8-9H,2-4H2,1H3;1-2H3/t5-,6-;/m1./s1. The molecule has 0 bridgehead atoms. The van der Waals surface area contributed by atoms with Crippen LogP contribution < -0.4 is 0 Å². The Morgan fingerprint density at radius 2 is 2.00 bits per heavy atom. The molecule has 0 unspecified atom stereocenters. The molecule has 0 aliphatic carbocycles. The smallest absolute Gasteiger partial charge is 0.0682 e. The number of hydrogen-bond acceptors (Lipinski definition) is 3. The molecule has 1 rings (SSSR count). The quantitative estimate of drug-likeness (QED) is 0.572. The molecule has 2 atom stereocenters. The number of aliphatic hydroxyl groups excluding tert-OH is 2. The second-order valence-corrected chi connectivity index (χ2v) is 2.67. The zero-order valence-electron chi connectivity index (χ0n) is 7.62. The molecule has 11 heavy (non-hydrogen) atoms. The summed E-state index contributed by atoms with van der Waals surface area (Å²) >= 11 is 0. The Labute approximate surface area is 68.6 Å². The fourth-order valence-corrected chi connectivity index (χ4v) is 1.26. The maximum Gasteiger partial charge on any atom is 0.0682 e. The van der Waals surface area contributed by atoms with Crippen LogP contribution in [0.1, 0.15) is 20.3 Å². The predicted octanol–water partition coefficient (Wildman–Crippen LogP) is 0.0699. The lowest BCUT2D eigenvalue weighted by molar-refractivity contribution is 0.180. The van der Waals surface area contributed by atoms with Crippen LogP contribution in [0.2, 0.25) is 0 Å². The molecule has 68 valence electrons. The lowest BCUT2D eigenvalue weighted by atomic mass is 10.2. The summed E-state index contributed by atoms with van der Waals surface area (Å²) in [5.74, 6) is 0. The number of aliphatic hydroxyl groups is 2. The van der Waals surface area contributed by atoms with Crippen molar-refractivity contribution in [3.8, 4) is 0 Å². The fourth-order valence-electron chi connectivity index (χ4n) is 1.26. The van der Waals surface area contributed by atoms with Crippen molar-refractivity contribution in [2.75, 3.05) is 20.2 Å². The molecule has 1 aliphatic heterocycles.